The van der Waals surface area contributed by atoms with Crippen LogP contribution < -0.4 is 14.8 Å². The summed E-state index contributed by atoms with van der Waals surface area (Å²) in [5.41, 5.74) is 0.650. The maximum absolute atomic E-state index is 12.4. The van der Waals surface area contributed by atoms with Crippen LogP contribution in [0.5, 0.6) is 11.5 Å². The first-order valence-corrected chi connectivity index (χ1v) is 8.29. The second-order valence-electron chi connectivity index (χ2n) is 6.41. The Morgan fingerprint density at radius 1 is 1.12 bits per heavy atom. The highest BCUT2D eigenvalue weighted by Gasteiger charge is 2.29. The van der Waals surface area contributed by atoms with E-state index in [1.165, 1.54) is 0 Å². The third kappa shape index (κ3) is 4.63. The maximum atomic E-state index is 12.4. The number of amides is 1. The zero-order chi connectivity index (χ0) is 17.7. The molecule has 1 aliphatic rings. The van der Waals surface area contributed by atoms with E-state index in [1.807, 2.05) is 13.8 Å². The van der Waals surface area contributed by atoms with Gasteiger partial charge in [0.05, 0.1) is 19.1 Å². The van der Waals surface area contributed by atoms with Crippen LogP contribution in [0.3, 0.4) is 0 Å². The first-order valence-electron chi connectivity index (χ1n) is 8.29. The maximum Gasteiger partial charge on any atom is 0.306 e. The molecule has 0 saturated heterocycles. The van der Waals surface area contributed by atoms with Crippen LogP contribution in [0.15, 0.2) is 18.2 Å². The van der Waals surface area contributed by atoms with Gasteiger partial charge in [0.25, 0.3) is 0 Å². The van der Waals surface area contributed by atoms with Gasteiger partial charge in [-0.25, -0.2) is 0 Å². The van der Waals surface area contributed by atoms with E-state index in [0.717, 1.165) is 0 Å². The lowest BCUT2D eigenvalue weighted by atomic mass is 9.81. The average Bonchev–Trinajstić information content (AvgIpc) is 2.54. The molecule has 6 heteroatoms. The van der Waals surface area contributed by atoms with Crippen LogP contribution in [0, 0.1) is 11.8 Å². The van der Waals surface area contributed by atoms with E-state index < -0.39 is 5.97 Å². The van der Waals surface area contributed by atoms with Gasteiger partial charge in [-0.3, -0.25) is 9.59 Å². The van der Waals surface area contributed by atoms with Crippen molar-refractivity contribution >= 4 is 17.6 Å². The van der Waals surface area contributed by atoms with Crippen molar-refractivity contribution in [3.63, 3.8) is 0 Å². The predicted octanol–water partition coefficient (Wildman–Crippen LogP) is 3.31. The minimum Gasteiger partial charge on any atom is -0.493 e. The normalized spacial score (nSPS) is 20.5. The van der Waals surface area contributed by atoms with E-state index in [9.17, 15) is 9.59 Å². The van der Waals surface area contributed by atoms with Crippen molar-refractivity contribution in [2.45, 2.75) is 45.6 Å². The Bertz CT molecular complexity index is 591. The third-order valence-electron chi connectivity index (χ3n) is 4.24. The van der Waals surface area contributed by atoms with E-state index in [2.05, 4.69) is 5.32 Å². The monoisotopic (exact) mass is 335 g/mol. The Hall–Kier alpha value is -2.24. The fourth-order valence-corrected chi connectivity index (χ4v) is 2.95. The van der Waals surface area contributed by atoms with E-state index >= 15 is 0 Å². The molecule has 1 aromatic rings. The highest BCUT2D eigenvalue weighted by molar-refractivity contribution is 5.93. The number of carboxylic acid groups (broad SMARTS) is 1. The zero-order valence-electron chi connectivity index (χ0n) is 14.4. The number of aliphatic carboxylic acids is 1. The summed E-state index contributed by atoms with van der Waals surface area (Å²) in [6, 6.07) is 5.28. The lowest BCUT2D eigenvalue weighted by Gasteiger charge is -2.25. The van der Waals surface area contributed by atoms with Crippen LogP contribution in [0.1, 0.15) is 39.5 Å². The molecule has 1 fully saturated rings. The van der Waals surface area contributed by atoms with Gasteiger partial charge in [0.1, 0.15) is 0 Å². The summed E-state index contributed by atoms with van der Waals surface area (Å²) >= 11 is 0. The molecule has 0 unspecified atom stereocenters. The summed E-state index contributed by atoms with van der Waals surface area (Å²) in [5.74, 6) is -0.0965. The Morgan fingerprint density at radius 2 is 1.75 bits per heavy atom. The molecule has 0 bridgehead atoms. The number of methoxy groups -OCH3 is 1. The number of nitrogens with one attached hydrogen (secondary N) is 1. The van der Waals surface area contributed by atoms with Crippen molar-refractivity contribution in [1.29, 1.82) is 0 Å². The van der Waals surface area contributed by atoms with E-state index in [0.29, 0.717) is 42.9 Å². The van der Waals surface area contributed by atoms with Gasteiger partial charge in [-0.2, -0.15) is 0 Å². The van der Waals surface area contributed by atoms with Crippen molar-refractivity contribution in [3.8, 4) is 11.5 Å². The van der Waals surface area contributed by atoms with Crippen LogP contribution in [-0.4, -0.2) is 30.2 Å². The van der Waals surface area contributed by atoms with Crippen LogP contribution in [0.2, 0.25) is 0 Å². The molecular formula is C18H25NO5. The summed E-state index contributed by atoms with van der Waals surface area (Å²) in [5, 5.41) is 11.9. The number of rotatable bonds is 6. The largest absolute Gasteiger partial charge is 0.493 e. The molecule has 1 aromatic carbocycles. The molecule has 0 aliphatic heterocycles. The molecule has 132 valence electrons. The van der Waals surface area contributed by atoms with E-state index in [-0.39, 0.29) is 23.8 Å². The molecule has 2 N–H and O–H groups in total. The smallest absolute Gasteiger partial charge is 0.306 e. The number of carboxylic acids is 1. The number of benzene rings is 1. The van der Waals surface area contributed by atoms with Gasteiger partial charge < -0.3 is 19.9 Å². The molecule has 1 aliphatic carbocycles. The van der Waals surface area contributed by atoms with Crippen LogP contribution in [-0.2, 0) is 9.59 Å². The molecule has 1 amide bonds. The summed E-state index contributed by atoms with van der Waals surface area (Å²) in [6.45, 7) is 3.84. The minimum absolute atomic E-state index is 0.00357. The van der Waals surface area contributed by atoms with E-state index in [4.69, 9.17) is 14.6 Å². The van der Waals surface area contributed by atoms with Gasteiger partial charge in [-0.15, -0.1) is 0 Å². The van der Waals surface area contributed by atoms with Gasteiger partial charge in [0.15, 0.2) is 11.5 Å². The minimum atomic E-state index is -0.764. The van der Waals surface area contributed by atoms with Crippen LogP contribution in [0.25, 0.3) is 0 Å². The second-order valence-corrected chi connectivity index (χ2v) is 6.41. The van der Waals surface area contributed by atoms with Crippen molar-refractivity contribution < 1.29 is 24.2 Å². The summed E-state index contributed by atoms with van der Waals surface area (Å²) < 4.78 is 11.0. The molecular weight excluding hydrogens is 310 g/mol. The lowest BCUT2D eigenvalue weighted by molar-refractivity contribution is -0.143. The topological polar surface area (TPSA) is 84.9 Å². The van der Waals surface area contributed by atoms with Crippen LogP contribution >= 0.6 is 0 Å². The number of carbonyl (C=O) groups excluding carboxylic acids is 1. The summed E-state index contributed by atoms with van der Waals surface area (Å²) in [4.78, 5) is 23.4. The highest BCUT2D eigenvalue weighted by Crippen LogP contribution is 2.33. The molecule has 0 spiro atoms. The number of anilines is 1. The standard InChI is InChI=1S/C18H25NO5/c1-11(2)24-16-10-14(8-9-15(16)23-3)19-17(20)12-4-6-13(7-5-12)18(21)22/h8-13H,4-7H2,1-3H3,(H,19,20)(H,21,22). The van der Waals surface area contributed by atoms with Gasteiger partial charge in [-0.1, -0.05) is 0 Å². The number of hydrogen-bond acceptors (Lipinski definition) is 4. The second kappa shape index (κ2) is 8.04. The quantitative estimate of drug-likeness (QED) is 0.833. The summed E-state index contributed by atoms with van der Waals surface area (Å²) in [6.07, 6.45) is 2.31. The van der Waals surface area contributed by atoms with Crippen molar-refractivity contribution in [1.82, 2.24) is 0 Å². The van der Waals surface area contributed by atoms with Crippen molar-refractivity contribution in [2.24, 2.45) is 11.8 Å². The predicted molar refractivity (Wildman–Crippen MR) is 90.5 cm³/mol. The third-order valence-corrected chi connectivity index (χ3v) is 4.24. The highest BCUT2D eigenvalue weighted by atomic mass is 16.5. The Balaban J connectivity index is 2.00. The van der Waals surface area contributed by atoms with Gasteiger partial charge >= 0.3 is 5.97 Å². The van der Waals surface area contributed by atoms with Crippen LogP contribution in [0.4, 0.5) is 5.69 Å². The molecule has 2 rings (SSSR count). The molecule has 6 nitrogen and oxygen atoms in total. The van der Waals surface area contributed by atoms with Crippen molar-refractivity contribution in [3.05, 3.63) is 18.2 Å². The first-order chi connectivity index (χ1) is 11.4. The molecule has 0 atom stereocenters. The summed E-state index contributed by atoms with van der Waals surface area (Å²) in [7, 11) is 1.57. The van der Waals surface area contributed by atoms with Crippen molar-refractivity contribution in [2.75, 3.05) is 12.4 Å². The molecule has 0 aromatic heterocycles. The molecule has 24 heavy (non-hydrogen) atoms. The Labute approximate surface area is 142 Å². The SMILES string of the molecule is COc1ccc(NC(=O)C2CCC(C(=O)O)CC2)cc1OC(C)C. The Morgan fingerprint density at radius 3 is 2.29 bits per heavy atom. The molecule has 0 heterocycles. The fraction of sp³-hybridized carbons (Fsp3) is 0.556. The van der Waals surface area contributed by atoms with Gasteiger partial charge in [-0.05, 0) is 51.7 Å². The molecule has 0 radical (unpaired) electrons. The Kier molecular flexibility index (Phi) is 6.06. The number of carbonyl (C=O) groups is 2. The van der Waals surface area contributed by atoms with Gasteiger partial charge in [0.2, 0.25) is 5.91 Å². The first kappa shape index (κ1) is 18.1. The molecule has 1 saturated carbocycles. The number of ether oxygens (including phenoxy) is 2. The van der Waals surface area contributed by atoms with Gasteiger partial charge in [0, 0.05) is 17.7 Å². The fourth-order valence-electron chi connectivity index (χ4n) is 2.95. The number of hydrogen-bond donors (Lipinski definition) is 2. The van der Waals surface area contributed by atoms with E-state index in [1.54, 1.807) is 25.3 Å². The lowest BCUT2D eigenvalue weighted by Crippen LogP contribution is -2.29. The average molecular weight is 335 g/mol. The zero-order valence-corrected chi connectivity index (χ0v) is 14.4.